The molecule has 102 valence electrons. The van der Waals surface area contributed by atoms with Crippen molar-refractivity contribution in [3.63, 3.8) is 0 Å². The number of aliphatic hydroxyl groups is 1. The highest BCUT2D eigenvalue weighted by molar-refractivity contribution is 5.83. The van der Waals surface area contributed by atoms with Gasteiger partial charge >= 0.3 is 6.09 Å². The molecule has 0 saturated carbocycles. The fourth-order valence-corrected chi connectivity index (χ4v) is 1.99. The molecule has 18 heavy (non-hydrogen) atoms. The maximum Gasteiger partial charge on any atom is 0.404 e. The van der Waals surface area contributed by atoms with Crippen molar-refractivity contribution < 1.29 is 24.6 Å². The molecule has 0 aromatic carbocycles. The highest BCUT2D eigenvalue weighted by Gasteiger charge is 2.35. The van der Waals surface area contributed by atoms with Gasteiger partial charge in [0, 0.05) is 26.1 Å². The summed E-state index contributed by atoms with van der Waals surface area (Å²) in [7, 11) is 1.37. The van der Waals surface area contributed by atoms with E-state index in [9.17, 15) is 19.5 Å². The van der Waals surface area contributed by atoms with E-state index in [1.165, 1.54) is 7.05 Å². The largest absolute Gasteiger partial charge is 0.465 e. The summed E-state index contributed by atoms with van der Waals surface area (Å²) in [6.07, 6.45) is -2.29. The van der Waals surface area contributed by atoms with Crippen molar-refractivity contribution in [2.75, 3.05) is 13.6 Å². The Kier molecular flexibility index (Phi) is 4.90. The maximum absolute atomic E-state index is 11.5. The third-order valence-corrected chi connectivity index (χ3v) is 2.91. The van der Waals surface area contributed by atoms with Gasteiger partial charge in [0.2, 0.25) is 11.8 Å². The van der Waals surface area contributed by atoms with Crippen LogP contribution < -0.4 is 16.0 Å². The van der Waals surface area contributed by atoms with Crippen LogP contribution in [-0.4, -0.2) is 53.9 Å². The lowest BCUT2D eigenvalue weighted by molar-refractivity contribution is -0.130. The lowest BCUT2D eigenvalue weighted by Gasteiger charge is -2.23. The first-order valence-corrected chi connectivity index (χ1v) is 5.62. The van der Waals surface area contributed by atoms with Crippen LogP contribution >= 0.6 is 0 Å². The Balaban J connectivity index is 2.69. The van der Waals surface area contributed by atoms with Gasteiger partial charge in [0.1, 0.15) is 6.10 Å². The number of carbonyl (C=O) groups is 3. The minimum absolute atomic E-state index is 0.135. The standard InChI is InChI=1S/C10H17N3O5/c1-11-9(16)7(14)4-6(13-10(17)18)5-2-3-12-8(5)15/h5-7,13-14H,2-4H2,1H3,(H,11,16)(H,12,15)(H,17,18)/t5-,6?,7?/m0/s1. The van der Waals surface area contributed by atoms with Gasteiger partial charge in [-0.3, -0.25) is 9.59 Å². The quantitative estimate of drug-likeness (QED) is 0.400. The number of aliphatic hydroxyl groups excluding tert-OH is 1. The molecule has 0 spiro atoms. The molecule has 3 atom stereocenters. The second-order valence-electron chi connectivity index (χ2n) is 4.11. The fourth-order valence-electron chi connectivity index (χ4n) is 1.99. The van der Waals surface area contributed by atoms with E-state index in [2.05, 4.69) is 16.0 Å². The Morgan fingerprint density at radius 3 is 2.67 bits per heavy atom. The summed E-state index contributed by atoms with van der Waals surface area (Å²) >= 11 is 0. The Morgan fingerprint density at radius 1 is 1.56 bits per heavy atom. The normalized spacial score (nSPS) is 21.9. The van der Waals surface area contributed by atoms with E-state index in [-0.39, 0.29) is 12.3 Å². The molecular weight excluding hydrogens is 242 g/mol. The molecule has 1 aliphatic heterocycles. The van der Waals surface area contributed by atoms with Gasteiger partial charge in [0.25, 0.3) is 0 Å². The predicted octanol–water partition coefficient (Wildman–Crippen LogP) is -1.74. The molecule has 1 aliphatic rings. The Hall–Kier alpha value is -1.83. The van der Waals surface area contributed by atoms with Crippen molar-refractivity contribution >= 4 is 17.9 Å². The minimum Gasteiger partial charge on any atom is -0.465 e. The topological polar surface area (TPSA) is 128 Å². The zero-order chi connectivity index (χ0) is 13.7. The number of hydrogen-bond donors (Lipinski definition) is 5. The lowest BCUT2D eigenvalue weighted by atomic mass is 9.93. The SMILES string of the molecule is CNC(=O)C(O)CC(NC(=O)O)[C@@H]1CCNC1=O. The Morgan fingerprint density at radius 2 is 2.22 bits per heavy atom. The molecule has 0 aliphatic carbocycles. The lowest BCUT2D eigenvalue weighted by Crippen LogP contribution is -2.46. The molecular formula is C10H17N3O5. The van der Waals surface area contributed by atoms with Crippen LogP contribution in [0.2, 0.25) is 0 Å². The molecule has 1 saturated heterocycles. The number of rotatable bonds is 5. The van der Waals surface area contributed by atoms with Crippen LogP contribution in [0.4, 0.5) is 4.79 Å². The van der Waals surface area contributed by atoms with E-state index in [4.69, 9.17) is 5.11 Å². The zero-order valence-corrected chi connectivity index (χ0v) is 9.97. The monoisotopic (exact) mass is 259 g/mol. The third-order valence-electron chi connectivity index (χ3n) is 2.91. The number of carbonyl (C=O) groups excluding carboxylic acids is 2. The van der Waals surface area contributed by atoms with Gasteiger partial charge in [-0.25, -0.2) is 4.79 Å². The van der Waals surface area contributed by atoms with Crippen molar-refractivity contribution in [3.05, 3.63) is 0 Å². The van der Waals surface area contributed by atoms with E-state index in [0.717, 1.165) is 0 Å². The molecule has 0 radical (unpaired) electrons. The number of carboxylic acid groups (broad SMARTS) is 1. The van der Waals surface area contributed by atoms with E-state index in [0.29, 0.717) is 13.0 Å². The molecule has 5 N–H and O–H groups in total. The van der Waals surface area contributed by atoms with Gasteiger partial charge in [0.15, 0.2) is 0 Å². The van der Waals surface area contributed by atoms with E-state index in [1.807, 2.05) is 0 Å². The van der Waals surface area contributed by atoms with Crippen LogP contribution in [0, 0.1) is 5.92 Å². The predicted molar refractivity (Wildman–Crippen MR) is 60.8 cm³/mol. The summed E-state index contributed by atoms with van der Waals surface area (Å²) in [5.41, 5.74) is 0. The Labute approximate surface area is 104 Å². The van der Waals surface area contributed by atoms with Gasteiger partial charge in [-0.1, -0.05) is 0 Å². The van der Waals surface area contributed by atoms with Gasteiger partial charge in [-0.15, -0.1) is 0 Å². The van der Waals surface area contributed by atoms with Gasteiger partial charge in [-0.2, -0.15) is 0 Å². The number of likely N-dealkylation sites (N-methyl/N-ethyl adjacent to an activating group) is 1. The summed E-state index contributed by atoms with van der Waals surface area (Å²) in [5, 5.41) is 25.3. The first kappa shape index (κ1) is 14.2. The van der Waals surface area contributed by atoms with Crippen molar-refractivity contribution in [1.29, 1.82) is 0 Å². The summed E-state index contributed by atoms with van der Waals surface area (Å²) in [5.74, 6) is -1.43. The van der Waals surface area contributed by atoms with Crippen LogP contribution in [0.3, 0.4) is 0 Å². The second kappa shape index (κ2) is 6.20. The zero-order valence-electron chi connectivity index (χ0n) is 9.97. The summed E-state index contributed by atoms with van der Waals surface area (Å²) in [4.78, 5) is 33.4. The smallest absolute Gasteiger partial charge is 0.404 e. The van der Waals surface area contributed by atoms with E-state index in [1.54, 1.807) is 0 Å². The molecule has 1 fully saturated rings. The molecule has 1 heterocycles. The van der Waals surface area contributed by atoms with E-state index >= 15 is 0 Å². The number of hydrogen-bond acceptors (Lipinski definition) is 4. The highest BCUT2D eigenvalue weighted by atomic mass is 16.4. The van der Waals surface area contributed by atoms with Crippen LogP contribution in [0.25, 0.3) is 0 Å². The first-order valence-electron chi connectivity index (χ1n) is 5.62. The van der Waals surface area contributed by atoms with Crippen LogP contribution in [-0.2, 0) is 9.59 Å². The highest BCUT2D eigenvalue weighted by Crippen LogP contribution is 2.18. The summed E-state index contributed by atoms with van der Waals surface area (Å²) in [6, 6.07) is -0.780. The minimum atomic E-state index is -1.35. The van der Waals surface area contributed by atoms with Crippen molar-refractivity contribution in [2.24, 2.45) is 5.92 Å². The maximum atomic E-state index is 11.5. The molecule has 2 unspecified atom stereocenters. The molecule has 1 rings (SSSR count). The average Bonchev–Trinajstić information content (AvgIpc) is 2.72. The molecule has 0 aromatic heterocycles. The van der Waals surface area contributed by atoms with Crippen molar-refractivity contribution in [3.8, 4) is 0 Å². The summed E-state index contributed by atoms with van der Waals surface area (Å²) in [6.45, 7) is 0.470. The molecule has 3 amide bonds. The molecule has 8 heteroatoms. The van der Waals surface area contributed by atoms with Crippen molar-refractivity contribution in [2.45, 2.75) is 25.0 Å². The molecule has 0 bridgehead atoms. The second-order valence-corrected chi connectivity index (χ2v) is 4.11. The van der Waals surface area contributed by atoms with Gasteiger partial charge < -0.3 is 26.2 Å². The van der Waals surface area contributed by atoms with Gasteiger partial charge in [-0.05, 0) is 6.42 Å². The molecule has 0 aromatic rings. The van der Waals surface area contributed by atoms with Crippen LogP contribution in [0.1, 0.15) is 12.8 Å². The van der Waals surface area contributed by atoms with E-state index < -0.39 is 30.1 Å². The first-order chi connectivity index (χ1) is 8.45. The average molecular weight is 259 g/mol. The molecule has 8 nitrogen and oxygen atoms in total. The Bertz CT molecular complexity index is 346. The van der Waals surface area contributed by atoms with Gasteiger partial charge in [0.05, 0.1) is 5.92 Å². The summed E-state index contributed by atoms with van der Waals surface area (Å²) < 4.78 is 0. The number of nitrogens with one attached hydrogen (secondary N) is 3. The number of amides is 3. The van der Waals surface area contributed by atoms with Crippen molar-refractivity contribution in [1.82, 2.24) is 16.0 Å². The fraction of sp³-hybridized carbons (Fsp3) is 0.700. The third kappa shape index (κ3) is 3.59. The van der Waals surface area contributed by atoms with Crippen LogP contribution in [0.15, 0.2) is 0 Å². The van der Waals surface area contributed by atoms with Crippen LogP contribution in [0.5, 0.6) is 0 Å².